The van der Waals surface area contributed by atoms with Gasteiger partial charge in [-0.05, 0) is 25.8 Å². The fourth-order valence-electron chi connectivity index (χ4n) is 3.28. The zero-order chi connectivity index (χ0) is 16.1. The highest BCUT2D eigenvalue weighted by Crippen LogP contribution is 2.27. The van der Waals surface area contributed by atoms with E-state index in [2.05, 4.69) is 33.0 Å². The molecule has 0 N–H and O–H groups in total. The maximum absolute atomic E-state index is 5.20. The predicted octanol–water partition coefficient (Wildman–Crippen LogP) is 2.93. The Bertz CT molecular complexity index is 609. The van der Waals surface area contributed by atoms with Crippen LogP contribution in [0.25, 0.3) is 0 Å². The molecule has 0 aromatic carbocycles. The van der Waals surface area contributed by atoms with Crippen LogP contribution in [0.1, 0.15) is 42.2 Å². The second-order valence-electron chi connectivity index (χ2n) is 6.13. The monoisotopic (exact) mass is 334 g/mol. The van der Waals surface area contributed by atoms with Crippen molar-refractivity contribution in [1.29, 1.82) is 0 Å². The first-order valence-corrected chi connectivity index (χ1v) is 9.33. The van der Waals surface area contributed by atoms with E-state index in [-0.39, 0.29) is 0 Å². The van der Waals surface area contributed by atoms with Crippen LogP contribution in [0.5, 0.6) is 0 Å². The van der Waals surface area contributed by atoms with Gasteiger partial charge in [-0.15, -0.1) is 11.3 Å². The molecule has 5 nitrogen and oxygen atoms in total. The van der Waals surface area contributed by atoms with E-state index in [0.717, 1.165) is 39.2 Å². The maximum atomic E-state index is 5.20. The summed E-state index contributed by atoms with van der Waals surface area (Å²) >= 11 is 1.78. The van der Waals surface area contributed by atoms with Crippen LogP contribution in [-0.4, -0.2) is 46.2 Å². The molecule has 0 amide bonds. The molecule has 1 atom stereocenters. The van der Waals surface area contributed by atoms with Crippen LogP contribution >= 0.6 is 11.3 Å². The van der Waals surface area contributed by atoms with Crippen molar-refractivity contribution in [1.82, 2.24) is 19.4 Å². The van der Waals surface area contributed by atoms with Crippen LogP contribution in [0.15, 0.2) is 17.8 Å². The van der Waals surface area contributed by atoms with E-state index in [1.54, 1.807) is 18.4 Å². The fraction of sp³-hybridized carbons (Fsp3) is 0.647. The number of likely N-dealkylation sites (tertiary alicyclic amines) is 1. The molecule has 1 aliphatic rings. The summed E-state index contributed by atoms with van der Waals surface area (Å²) in [7, 11) is 1.75. The van der Waals surface area contributed by atoms with Crippen molar-refractivity contribution in [3.8, 4) is 0 Å². The number of nitrogens with zero attached hydrogens (tertiary/aromatic N) is 4. The van der Waals surface area contributed by atoms with Gasteiger partial charge in [-0.3, -0.25) is 4.90 Å². The van der Waals surface area contributed by atoms with Crippen molar-refractivity contribution in [3.63, 3.8) is 0 Å². The Kier molecular flexibility index (Phi) is 5.80. The number of piperidine rings is 1. The van der Waals surface area contributed by atoms with Gasteiger partial charge in [0.1, 0.15) is 5.82 Å². The molecule has 0 saturated carbocycles. The van der Waals surface area contributed by atoms with E-state index >= 15 is 0 Å². The Labute approximate surface area is 142 Å². The molecule has 0 radical (unpaired) electrons. The molecule has 2 aromatic rings. The second-order valence-corrected chi connectivity index (χ2v) is 7.07. The Morgan fingerprint density at radius 1 is 1.43 bits per heavy atom. The third-order valence-corrected chi connectivity index (χ3v) is 5.48. The van der Waals surface area contributed by atoms with Crippen molar-refractivity contribution in [2.45, 2.75) is 45.2 Å². The topological polar surface area (TPSA) is 43.2 Å². The van der Waals surface area contributed by atoms with Gasteiger partial charge in [-0.1, -0.05) is 6.92 Å². The molecule has 0 spiro atoms. The predicted molar refractivity (Wildman–Crippen MR) is 92.8 cm³/mol. The van der Waals surface area contributed by atoms with Gasteiger partial charge in [0.05, 0.1) is 17.3 Å². The summed E-state index contributed by atoms with van der Waals surface area (Å²) < 4.78 is 7.45. The normalized spacial score (nSPS) is 19.3. The highest BCUT2D eigenvalue weighted by atomic mass is 32.1. The van der Waals surface area contributed by atoms with E-state index in [1.165, 1.54) is 29.4 Å². The van der Waals surface area contributed by atoms with E-state index in [4.69, 9.17) is 9.72 Å². The average molecular weight is 334 g/mol. The maximum Gasteiger partial charge on any atom is 0.113 e. The van der Waals surface area contributed by atoms with Crippen LogP contribution in [0.2, 0.25) is 0 Å². The molecule has 23 heavy (non-hydrogen) atoms. The first kappa shape index (κ1) is 16.6. The minimum Gasteiger partial charge on any atom is -0.383 e. The molecule has 1 aliphatic heterocycles. The Balaban J connectivity index is 1.62. The first-order valence-electron chi connectivity index (χ1n) is 8.45. The summed E-state index contributed by atoms with van der Waals surface area (Å²) in [6.07, 6.45) is 7.47. The van der Waals surface area contributed by atoms with Gasteiger partial charge in [0.2, 0.25) is 0 Å². The van der Waals surface area contributed by atoms with E-state index in [9.17, 15) is 0 Å². The number of aromatic nitrogens is 3. The van der Waals surface area contributed by atoms with Crippen LogP contribution in [0.3, 0.4) is 0 Å². The summed E-state index contributed by atoms with van der Waals surface area (Å²) in [5.74, 6) is 1.72. The summed E-state index contributed by atoms with van der Waals surface area (Å²) in [6.45, 7) is 6.98. The Morgan fingerprint density at radius 3 is 3.13 bits per heavy atom. The molecule has 2 aromatic heterocycles. The minimum atomic E-state index is 0.514. The smallest absolute Gasteiger partial charge is 0.113 e. The van der Waals surface area contributed by atoms with Gasteiger partial charge >= 0.3 is 0 Å². The number of ether oxygens (including phenoxy) is 1. The number of hydrogen-bond donors (Lipinski definition) is 0. The van der Waals surface area contributed by atoms with Crippen LogP contribution in [-0.2, 0) is 24.2 Å². The van der Waals surface area contributed by atoms with Gasteiger partial charge < -0.3 is 9.30 Å². The SMILES string of the molecule is CCc1nc(CN2CCC[C@@H](c3nccn3CCOC)C2)cs1. The molecular weight excluding hydrogens is 308 g/mol. The quantitative estimate of drug-likeness (QED) is 0.781. The van der Waals surface area contributed by atoms with Crippen molar-refractivity contribution >= 4 is 11.3 Å². The number of methoxy groups -OCH3 is 1. The van der Waals surface area contributed by atoms with Crippen molar-refractivity contribution in [2.24, 2.45) is 0 Å². The summed E-state index contributed by atoms with van der Waals surface area (Å²) in [5.41, 5.74) is 1.22. The number of thiazole rings is 1. The molecule has 3 heterocycles. The van der Waals surface area contributed by atoms with Crippen molar-refractivity contribution < 1.29 is 4.74 Å². The van der Waals surface area contributed by atoms with Gasteiger partial charge in [0, 0.05) is 50.4 Å². The third kappa shape index (κ3) is 4.19. The number of imidazole rings is 1. The van der Waals surface area contributed by atoms with Crippen LogP contribution in [0, 0.1) is 0 Å². The van der Waals surface area contributed by atoms with Gasteiger partial charge in [-0.25, -0.2) is 9.97 Å². The minimum absolute atomic E-state index is 0.514. The largest absolute Gasteiger partial charge is 0.383 e. The fourth-order valence-corrected chi connectivity index (χ4v) is 4.02. The van der Waals surface area contributed by atoms with Crippen LogP contribution < -0.4 is 0 Å². The summed E-state index contributed by atoms with van der Waals surface area (Å²) in [4.78, 5) is 11.9. The molecule has 3 rings (SSSR count). The number of hydrogen-bond acceptors (Lipinski definition) is 5. The zero-order valence-electron chi connectivity index (χ0n) is 14.1. The molecule has 0 bridgehead atoms. The molecule has 1 saturated heterocycles. The lowest BCUT2D eigenvalue weighted by Crippen LogP contribution is -2.35. The lowest BCUT2D eigenvalue weighted by molar-refractivity contribution is 0.177. The standard InChI is InChI=1S/C17H26N4OS/c1-3-16-19-15(13-23-16)12-20-7-4-5-14(11-20)17-18-6-8-21(17)9-10-22-2/h6,8,13-14H,3-5,7,9-12H2,1-2H3/t14-/m1/s1. The summed E-state index contributed by atoms with van der Waals surface area (Å²) in [5, 5.41) is 3.45. The highest BCUT2D eigenvalue weighted by Gasteiger charge is 2.25. The van der Waals surface area contributed by atoms with E-state index in [0.29, 0.717) is 5.92 Å². The van der Waals surface area contributed by atoms with Crippen molar-refractivity contribution in [2.75, 3.05) is 26.8 Å². The molecule has 0 aliphatic carbocycles. The first-order chi connectivity index (χ1) is 11.3. The molecule has 6 heteroatoms. The average Bonchev–Trinajstić information content (AvgIpc) is 3.22. The van der Waals surface area contributed by atoms with Gasteiger partial charge in [0.15, 0.2) is 0 Å². The third-order valence-electron chi connectivity index (χ3n) is 4.44. The Hall–Kier alpha value is -1.24. The van der Waals surface area contributed by atoms with E-state index < -0.39 is 0 Å². The highest BCUT2D eigenvalue weighted by molar-refractivity contribution is 7.09. The van der Waals surface area contributed by atoms with Crippen LogP contribution in [0.4, 0.5) is 0 Å². The molecule has 0 unspecified atom stereocenters. The van der Waals surface area contributed by atoms with E-state index in [1.807, 2.05) is 6.20 Å². The lowest BCUT2D eigenvalue weighted by atomic mass is 9.97. The summed E-state index contributed by atoms with van der Waals surface area (Å²) in [6, 6.07) is 0. The van der Waals surface area contributed by atoms with Gasteiger partial charge in [-0.2, -0.15) is 0 Å². The second kappa shape index (κ2) is 8.04. The zero-order valence-corrected chi connectivity index (χ0v) is 14.9. The van der Waals surface area contributed by atoms with Crippen molar-refractivity contribution in [3.05, 3.63) is 34.3 Å². The molecule has 126 valence electrons. The number of aryl methyl sites for hydroxylation is 1. The Morgan fingerprint density at radius 2 is 2.35 bits per heavy atom. The molecular formula is C17H26N4OS. The van der Waals surface area contributed by atoms with Gasteiger partial charge in [0.25, 0.3) is 0 Å². The lowest BCUT2D eigenvalue weighted by Gasteiger charge is -2.32. The molecule has 1 fully saturated rings. The number of rotatable bonds is 7.